The lowest BCUT2D eigenvalue weighted by atomic mass is 10.0. The zero-order chi connectivity index (χ0) is 17.0. The molecule has 0 spiro atoms. The number of hydrogen-bond donors (Lipinski definition) is 0. The van der Waals surface area contributed by atoms with Gasteiger partial charge in [0.1, 0.15) is 10.8 Å². The molecule has 0 aliphatic carbocycles. The van der Waals surface area contributed by atoms with Crippen molar-refractivity contribution in [1.82, 2.24) is 9.88 Å². The molecule has 1 fully saturated rings. The fourth-order valence-corrected chi connectivity index (χ4v) is 2.88. The van der Waals surface area contributed by atoms with Crippen molar-refractivity contribution in [2.45, 2.75) is 51.7 Å². The average molecular weight is 340 g/mol. The maximum absolute atomic E-state index is 12.4. The first-order valence-electron chi connectivity index (χ1n) is 8.08. The number of rotatable bonds is 3. The van der Waals surface area contributed by atoms with E-state index in [0.29, 0.717) is 5.15 Å². The number of amides is 1. The van der Waals surface area contributed by atoms with Gasteiger partial charge in [0.2, 0.25) is 0 Å². The molecule has 5 nitrogen and oxygen atoms in total. The highest BCUT2D eigenvalue weighted by atomic mass is 35.5. The molecule has 0 N–H and O–H groups in total. The van der Waals surface area contributed by atoms with Gasteiger partial charge in [-0.15, -0.1) is 0 Å². The van der Waals surface area contributed by atoms with E-state index < -0.39 is 5.60 Å². The van der Waals surface area contributed by atoms with Crippen LogP contribution in [-0.2, 0) is 4.74 Å². The number of anilines is 1. The molecule has 128 valence electrons. The first-order valence-corrected chi connectivity index (χ1v) is 8.46. The van der Waals surface area contributed by atoms with E-state index in [9.17, 15) is 4.79 Å². The summed E-state index contributed by atoms with van der Waals surface area (Å²) in [5.41, 5.74) is 0.523. The first kappa shape index (κ1) is 17.9. The molecule has 1 saturated heterocycles. The molecule has 0 unspecified atom stereocenters. The highest BCUT2D eigenvalue weighted by Gasteiger charge is 2.31. The Kier molecular flexibility index (Phi) is 5.74. The smallest absolute Gasteiger partial charge is 0.410 e. The topological polar surface area (TPSA) is 45.7 Å². The average Bonchev–Trinajstić information content (AvgIpc) is 2.46. The van der Waals surface area contributed by atoms with Gasteiger partial charge in [-0.1, -0.05) is 11.6 Å². The molecule has 1 aliphatic heterocycles. The Hall–Kier alpha value is -1.49. The van der Waals surface area contributed by atoms with E-state index in [-0.39, 0.29) is 12.1 Å². The molecule has 0 aromatic carbocycles. The second kappa shape index (κ2) is 7.39. The van der Waals surface area contributed by atoms with E-state index in [2.05, 4.69) is 9.88 Å². The third-order valence-corrected chi connectivity index (χ3v) is 4.12. The number of carbonyl (C=O) groups is 1. The molecule has 1 aliphatic rings. The van der Waals surface area contributed by atoms with Crippen LogP contribution in [0.5, 0.6) is 0 Å². The Bertz CT molecular complexity index is 528. The summed E-state index contributed by atoms with van der Waals surface area (Å²) in [6.45, 7) is 7.20. The second-order valence-electron chi connectivity index (χ2n) is 7.04. The number of piperidine rings is 1. The quantitative estimate of drug-likeness (QED) is 0.782. The summed E-state index contributed by atoms with van der Waals surface area (Å²) in [5, 5.41) is 0.482. The van der Waals surface area contributed by atoms with Gasteiger partial charge in [-0.3, -0.25) is 0 Å². The van der Waals surface area contributed by atoms with Crippen molar-refractivity contribution in [1.29, 1.82) is 0 Å². The van der Waals surface area contributed by atoms with Gasteiger partial charge in [-0.05, 0) is 52.2 Å². The largest absolute Gasteiger partial charge is 0.444 e. The van der Waals surface area contributed by atoms with Crippen LogP contribution < -0.4 is 4.90 Å². The van der Waals surface area contributed by atoms with Crippen LogP contribution >= 0.6 is 11.6 Å². The number of likely N-dealkylation sites (tertiary alicyclic amines) is 1. The van der Waals surface area contributed by atoms with Crippen LogP contribution in [0.4, 0.5) is 10.5 Å². The molecule has 6 heteroatoms. The SMILES string of the molecule is CN(C[C@@H]1CCCCN1C(=O)OC(C)(C)C)c1ccc(Cl)nc1. The summed E-state index contributed by atoms with van der Waals surface area (Å²) in [6.07, 6.45) is 4.69. The third-order valence-electron chi connectivity index (χ3n) is 3.89. The third kappa shape index (κ3) is 5.27. The van der Waals surface area contributed by atoms with E-state index in [1.807, 2.05) is 38.8 Å². The van der Waals surface area contributed by atoms with Gasteiger partial charge in [-0.25, -0.2) is 9.78 Å². The molecule has 23 heavy (non-hydrogen) atoms. The molecular weight excluding hydrogens is 314 g/mol. The van der Waals surface area contributed by atoms with E-state index in [1.54, 1.807) is 12.3 Å². The molecule has 2 rings (SSSR count). The minimum Gasteiger partial charge on any atom is -0.444 e. The molecular formula is C17H26ClN3O2. The standard InChI is InChI=1S/C17H26ClN3O2/c1-17(2,3)23-16(22)21-10-6-5-7-14(21)12-20(4)13-8-9-15(18)19-11-13/h8-9,11,14H,5-7,10,12H2,1-4H3/t14-/m0/s1. The van der Waals surface area contributed by atoms with Gasteiger partial charge in [0.25, 0.3) is 0 Å². The highest BCUT2D eigenvalue weighted by Crippen LogP contribution is 2.23. The van der Waals surface area contributed by atoms with Crippen molar-refractivity contribution < 1.29 is 9.53 Å². The van der Waals surface area contributed by atoms with Gasteiger partial charge in [0, 0.05) is 20.1 Å². The molecule has 1 amide bonds. The number of carbonyl (C=O) groups excluding carboxylic acids is 1. The van der Waals surface area contributed by atoms with Crippen molar-refractivity contribution >= 4 is 23.4 Å². The summed E-state index contributed by atoms with van der Waals surface area (Å²) in [7, 11) is 2.01. The highest BCUT2D eigenvalue weighted by molar-refractivity contribution is 6.29. The molecule has 0 radical (unpaired) electrons. The Balaban J connectivity index is 2.03. The summed E-state index contributed by atoms with van der Waals surface area (Å²) in [6, 6.07) is 3.87. The lowest BCUT2D eigenvalue weighted by Crippen LogP contribution is -2.50. The Morgan fingerprint density at radius 1 is 1.43 bits per heavy atom. The Morgan fingerprint density at radius 2 is 2.17 bits per heavy atom. The first-order chi connectivity index (χ1) is 10.8. The van der Waals surface area contributed by atoms with E-state index >= 15 is 0 Å². The van der Waals surface area contributed by atoms with Crippen LogP contribution in [0.25, 0.3) is 0 Å². The van der Waals surface area contributed by atoms with Crippen molar-refractivity contribution in [3.8, 4) is 0 Å². The number of halogens is 1. The van der Waals surface area contributed by atoms with E-state index in [0.717, 1.165) is 38.0 Å². The maximum Gasteiger partial charge on any atom is 0.410 e. The summed E-state index contributed by atoms with van der Waals surface area (Å²) < 4.78 is 5.55. The van der Waals surface area contributed by atoms with Gasteiger partial charge >= 0.3 is 6.09 Å². The van der Waals surface area contributed by atoms with Crippen LogP contribution in [0.1, 0.15) is 40.0 Å². The fourth-order valence-electron chi connectivity index (χ4n) is 2.77. The fraction of sp³-hybridized carbons (Fsp3) is 0.647. The monoisotopic (exact) mass is 339 g/mol. The summed E-state index contributed by atoms with van der Waals surface area (Å²) in [4.78, 5) is 20.5. The lowest BCUT2D eigenvalue weighted by Gasteiger charge is -2.38. The zero-order valence-corrected chi connectivity index (χ0v) is 15.1. The zero-order valence-electron chi connectivity index (χ0n) is 14.4. The maximum atomic E-state index is 12.4. The van der Waals surface area contributed by atoms with Crippen LogP contribution in [0.2, 0.25) is 5.15 Å². The predicted octanol–water partition coefficient (Wildman–Crippen LogP) is 3.96. The van der Waals surface area contributed by atoms with Crippen LogP contribution in [0, 0.1) is 0 Å². The normalized spacial score (nSPS) is 18.7. The van der Waals surface area contributed by atoms with E-state index in [1.165, 1.54) is 0 Å². The van der Waals surface area contributed by atoms with Crippen LogP contribution in [0.3, 0.4) is 0 Å². The number of pyridine rings is 1. The van der Waals surface area contributed by atoms with Crippen molar-refractivity contribution in [3.63, 3.8) is 0 Å². The number of nitrogens with zero attached hydrogens (tertiary/aromatic N) is 3. The Labute approximate surface area is 143 Å². The van der Waals surface area contributed by atoms with Crippen LogP contribution in [-0.4, -0.2) is 47.8 Å². The van der Waals surface area contributed by atoms with Gasteiger partial charge in [0.05, 0.1) is 17.9 Å². The summed E-state index contributed by atoms with van der Waals surface area (Å²) in [5.74, 6) is 0. The lowest BCUT2D eigenvalue weighted by molar-refractivity contribution is 0.0108. The minimum absolute atomic E-state index is 0.152. The summed E-state index contributed by atoms with van der Waals surface area (Å²) >= 11 is 5.84. The number of aromatic nitrogens is 1. The van der Waals surface area contributed by atoms with Crippen molar-refractivity contribution in [2.75, 3.05) is 25.0 Å². The van der Waals surface area contributed by atoms with Crippen molar-refractivity contribution in [3.05, 3.63) is 23.5 Å². The van der Waals surface area contributed by atoms with Gasteiger partial charge in [0.15, 0.2) is 0 Å². The predicted molar refractivity (Wildman–Crippen MR) is 93.1 cm³/mol. The second-order valence-corrected chi connectivity index (χ2v) is 7.43. The molecule has 1 atom stereocenters. The molecule has 0 saturated carbocycles. The Morgan fingerprint density at radius 3 is 2.78 bits per heavy atom. The van der Waals surface area contributed by atoms with E-state index in [4.69, 9.17) is 16.3 Å². The molecule has 2 heterocycles. The van der Waals surface area contributed by atoms with Gasteiger partial charge in [-0.2, -0.15) is 0 Å². The minimum atomic E-state index is -0.467. The number of hydrogen-bond acceptors (Lipinski definition) is 4. The van der Waals surface area contributed by atoms with Gasteiger partial charge < -0.3 is 14.5 Å². The number of likely N-dealkylation sites (N-methyl/N-ethyl adjacent to an activating group) is 1. The molecule has 1 aromatic rings. The molecule has 0 bridgehead atoms. The van der Waals surface area contributed by atoms with Crippen LogP contribution in [0.15, 0.2) is 18.3 Å². The van der Waals surface area contributed by atoms with Crippen molar-refractivity contribution in [2.24, 2.45) is 0 Å². The number of ether oxygens (including phenoxy) is 1. The molecule has 1 aromatic heterocycles.